The average Bonchev–Trinajstić information content (AvgIpc) is 3.94. The van der Waals surface area contributed by atoms with Gasteiger partial charge in [0.15, 0.2) is 5.58 Å². The lowest BCUT2D eigenvalue weighted by molar-refractivity contribution is 0.619. The molecule has 11 rings (SSSR count). The van der Waals surface area contributed by atoms with Crippen LogP contribution in [-0.4, -0.2) is 9.55 Å². The first-order valence-electron chi connectivity index (χ1n) is 18.1. The monoisotopic (exact) mass is 693 g/mol. The molecule has 0 aliphatic carbocycles. The van der Waals surface area contributed by atoms with Crippen LogP contribution < -0.4 is 4.90 Å². The number of rotatable bonds is 6. The van der Waals surface area contributed by atoms with Crippen molar-refractivity contribution in [1.29, 1.82) is 0 Å². The summed E-state index contributed by atoms with van der Waals surface area (Å²) in [7, 11) is 0. The minimum atomic E-state index is 0.589. The summed E-state index contributed by atoms with van der Waals surface area (Å²) in [6, 6.07) is 65.7. The first-order valence-corrected chi connectivity index (χ1v) is 18.1. The van der Waals surface area contributed by atoms with Gasteiger partial charge in [-0.05, 0) is 96.1 Å². The Labute approximate surface area is 310 Å². The van der Waals surface area contributed by atoms with Crippen molar-refractivity contribution >= 4 is 71.9 Å². The van der Waals surface area contributed by atoms with E-state index in [1.807, 2.05) is 42.5 Å². The molecule has 0 saturated carbocycles. The fourth-order valence-corrected chi connectivity index (χ4v) is 7.92. The molecule has 0 fully saturated rings. The van der Waals surface area contributed by atoms with Crippen LogP contribution in [0.4, 0.5) is 17.1 Å². The van der Waals surface area contributed by atoms with E-state index in [9.17, 15) is 0 Å². The van der Waals surface area contributed by atoms with E-state index in [4.69, 9.17) is 13.8 Å². The number of oxazole rings is 1. The number of fused-ring (bicyclic) bond motifs is 8. The van der Waals surface area contributed by atoms with Crippen LogP contribution >= 0.6 is 0 Å². The molecule has 5 heteroatoms. The Morgan fingerprint density at radius 3 is 1.80 bits per heavy atom. The number of aromatic nitrogens is 2. The third-order valence-electron chi connectivity index (χ3n) is 10.4. The number of furan rings is 1. The van der Waals surface area contributed by atoms with Crippen molar-refractivity contribution in [3.63, 3.8) is 0 Å². The summed E-state index contributed by atoms with van der Waals surface area (Å²) in [5.74, 6) is 0.589. The van der Waals surface area contributed by atoms with E-state index in [2.05, 4.69) is 155 Å². The highest BCUT2D eigenvalue weighted by molar-refractivity contribution is 6.17. The molecule has 0 aliphatic rings. The largest absolute Gasteiger partial charge is 0.456 e. The van der Waals surface area contributed by atoms with Crippen LogP contribution in [0.25, 0.3) is 83.1 Å². The molecule has 0 spiro atoms. The molecule has 54 heavy (non-hydrogen) atoms. The lowest BCUT2D eigenvalue weighted by Crippen LogP contribution is -2.10. The van der Waals surface area contributed by atoms with Gasteiger partial charge in [0, 0.05) is 44.5 Å². The van der Waals surface area contributed by atoms with Gasteiger partial charge in [-0.1, -0.05) is 103 Å². The summed E-state index contributed by atoms with van der Waals surface area (Å²) in [5.41, 5.74) is 12.9. The van der Waals surface area contributed by atoms with E-state index >= 15 is 0 Å². The second kappa shape index (κ2) is 12.1. The van der Waals surface area contributed by atoms with Gasteiger partial charge >= 0.3 is 0 Å². The molecule has 8 aromatic carbocycles. The second-order valence-electron chi connectivity index (χ2n) is 13.6. The molecule has 0 unspecified atom stereocenters. The SMILES string of the molecule is c1ccc(-c2ccc(N(c3ccc4oc5ccc6oc(-c7ccccc7)nc6c5c4c3)c3ccc4c5ccccc5n(-c5ccccc5)c4c3)cc2)cc1. The lowest BCUT2D eigenvalue weighted by Gasteiger charge is -2.26. The summed E-state index contributed by atoms with van der Waals surface area (Å²) >= 11 is 0. The van der Waals surface area contributed by atoms with Crippen molar-refractivity contribution in [3.05, 3.63) is 188 Å². The van der Waals surface area contributed by atoms with Crippen molar-refractivity contribution in [2.75, 3.05) is 4.90 Å². The van der Waals surface area contributed by atoms with E-state index in [1.165, 1.54) is 21.9 Å². The molecule has 254 valence electrons. The Balaban J connectivity index is 1.14. The molecule has 0 aliphatic heterocycles. The number of nitrogens with zero attached hydrogens (tertiary/aromatic N) is 3. The maximum atomic E-state index is 6.44. The fraction of sp³-hybridized carbons (Fsp3) is 0. The summed E-state index contributed by atoms with van der Waals surface area (Å²) in [6.07, 6.45) is 0. The zero-order chi connectivity index (χ0) is 35.6. The molecule has 3 aromatic heterocycles. The Hall–Kier alpha value is -7.37. The summed E-state index contributed by atoms with van der Waals surface area (Å²) in [5, 5.41) is 4.34. The molecule has 5 nitrogen and oxygen atoms in total. The van der Waals surface area contributed by atoms with E-state index in [1.54, 1.807) is 0 Å². The number of benzene rings is 8. The van der Waals surface area contributed by atoms with Gasteiger partial charge in [0.2, 0.25) is 5.89 Å². The Kier molecular flexibility index (Phi) is 6.79. The normalized spacial score (nSPS) is 11.7. The van der Waals surface area contributed by atoms with Gasteiger partial charge in [0.1, 0.15) is 16.7 Å². The van der Waals surface area contributed by atoms with Gasteiger partial charge in [-0.2, -0.15) is 0 Å². The average molecular weight is 694 g/mol. The van der Waals surface area contributed by atoms with Crippen molar-refractivity contribution in [2.45, 2.75) is 0 Å². The molecule has 0 radical (unpaired) electrons. The molecular weight excluding hydrogens is 663 g/mol. The Morgan fingerprint density at radius 2 is 1.00 bits per heavy atom. The molecule has 0 atom stereocenters. The maximum absolute atomic E-state index is 6.44. The Bertz CT molecular complexity index is 3140. The third kappa shape index (κ3) is 4.83. The molecule has 0 saturated heterocycles. The first kappa shape index (κ1) is 30.3. The summed E-state index contributed by atoms with van der Waals surface area (Å²) < 4.78 is 15.1. The molecule has 11 aromatic rings. The van der Waals surface area contributed by atoms with Crippen LogP contribution in [0.5, 0.6) is 0 Å². The summed E-state index contributed by atoms with van der Waals surface area (Å²) in [6.45, 7) is 0. The highest BCUT2D eigenvalue weighted by Crippen LogP contribution is 2.43. The topological polar surface area (TPSA) is 47.3 Å². The number of anilines is 3. The van der Waals surface area contributed by atoms with Crippen LogP contribution in [0, 0.1) is 0 Å². The fourth-order valence-electron chi connectivity index (χ4n) is 7.92. The van der Waals surface area contributed by atoms with E-state index in [0.717, 1.165) is 72.4 Å². The van der Waals surface area contributed by atoms with Crippen LogP contribution in [0.2, 0.25) is 0 Å². The smallest absolute Gasteiger partial charge is 0.227 e. The minimum Gasteiger partial charge on any atom is -0.456 e. The molecule has 0 N–H and O–H groups in total. The highest BCUT2D eigenvalue weighted by atomic mass is 16.4. The zero-order valence-corrected chi connectivity index (χ0v) is 29.1. The highest BCUT2D eigenvalue weighted by Gasteiger charge is 2.21. The predicted octanol–water partition coefficient (Wildman–Crippen LogP) is 13.6. The summed E-state index contributed by atoms with van der Waals surface area (Å²) in [4.78, 5) is 7.34. The van der Waals surface area contributed by atoms with Gasteiger partial charge in [0.25, 0.3) is 0 Å². The number of para-hydroxylation sites is 2. The number of hydrogen-bond acceptors (Lipinski definition) is 4. The second-order valence-corrected chi connectivity index (χ2v) is 13.6. The third-order valence-corrected chi connectivity index (χ3v) is 10.4. The quantitative estimate of drug-likeness (QED) is 0.174. The first-order chi connectivity index (χ1) is 26.8. The van der Waals surface area contributed by atoms with E-state index in [0.29, 0.717) is 5.89 Å². The van der Waals surface area contributed by atoms with Crippen molar-refractivity contribution in [3.8, 4) is 28.3 Å². The van der Waals surface area contributed by atoms with Crippen LogP contribution in [0.15, 0.2) is 197 Å². The van der Waals surface area contributed by atoms with E-state index in [-0.39, 0.29) is 0 Å². The standard InChI is InChI=1S/C49H31N3O2/c1-4-12-32(13-5-1)33-20-22-36(23-21-33)51(38-24-26-40-39-18-10-11-19-42(39)52(43(40)31-38)35-16-8-3-9-17-35)37-25-27-44-41(30-37)47-45(53-44)28-29-46-48(47)50-49(54-46)34-14-6-2-7-15-34/h1-31H. The molecular formula is C49H31N3O2. The van der Waals surface area contributed by atoms with Crippen LogP contribution in [0.3, 0.4) is 0 Å². The predicted molar refractivity (Wildman–Crippen MR) is 221 cm³/mol. The zero-order valence-electron chi connectivity index (χ0n) is 29.1. The lowest BCUT2D eigenvalue weighted by atomic mass is 10.0. The molecule has 0 bridgehead atoms. The van der Waals surface area contributed by atoms with Crippen molar-refractivity contribution in [1.82, 2.24) is 9.55 Å². The van der Waals surface area contributed by atoms with Crippen LogP contribution in [-0.2, 0) is 0 Å². The van der Waals surface area contributed by atoms with Crippen molar-refractivity contribution in [2.24, 2.45) is 0 Å². The van der Waals surface area contributed by atoms with Gasteiger partial charge in [-0.25, -0.2) is 4.98 Å². The number of hydrogen-bond donors (Lipinski definition) is 0. The minimum absolute atomic E-state index is 0.589. The van der Waals surface area contributed by atoms with Gasteiger partial charge in [-0.15, -0.1) is 0 Å². The van der Waals surface area contributed by atoms with Crippen molar-refractivity contribution < 1.29 is 8.83 Å². The van der Waals surface area contributed by atoms with Gasteiger partial charge in [-0.3, -0.25) is 0 Å². The molecule has 3 heterocycles. The van der Waals surface area contributed by atoms with Gasteiger partial charge in [0.05, 0.1) is 16.4 Å². The van der Waals surface area contributed by atoms with Gasteiger partial charge < -0.3 is 18.3 Å². The van der Waals surface area contributed by atoms with Crippen LogP contribution in [0.1, 0.15) is 0 Å². The van der Waals surface area contributed by atoms with E-state index < -0.39 is 0 Å². The maximum Gasteiger partial charge on any atom is 0.227 e. The Morgan fingerprint density at radius 1 is 0.407 bits per heavy atom. The molecule has 0 amide bonds.